The van der Waals surface area contributed by atoms with E-state index in [2.05, 4.69) is 31.1 Å². The van der Waals surface area contributed by atoms with E-state index in [1.807, 2.05) is 6.92 Å². The summed E-state index contributed by atoms with van der Waals surface area (Å²) in [5, 5.41) is 3.84. The molecule has 1 aromatic heterocycles. The van der Waals surface area contributed by atoms with Crippen molar-refractivity contribution in [2.75, 3.05) is 6.54 Å². The highest BCUT2D eigenvalue weighted by atomic mass is 32.1. The highest BCUT2D eigenvalue weighted by molar-refractivity contribution is 7.13. The Morgan fingerprint density at radius 3 is 2.62 bits per heavy atom. The van der Waals surface area contributed by atoms with Crippen molar-refractivity contribution < 1.29 is 4.79 Å². The van der Waals surface area contributed by atoms with Crippen molar-refractivity contribution in [2.24, 2.45) is 11.1 Å². The number of nitrogens with two attached hydrogens (primary N) is 1. The lowest BCUT2D eigenvalue weighted by Crippen LogP contribution is -2.48. The molecular formula is C11H19N3OS. The van der Waals surface area contributed by atoms with Gasteiger partial charge in [0.25, 0.3) is 5.91 Å². The number of carbonyl (C=O) groups excluding carboxylic acids is 1. The summed E-state index contributed by atoms with van der Waals surface area (Å²) >= 11 is 1.39. The summed E-state index contributed by atoms with van der Waals surface area (Å²) < 4.78 is 0. The fourth-order valence-electron chi connectivity index (χ4n) is 1.32. The van der Waals surface area contributed by atoms with Crippen molar-refractivity contribution in [2.45, 2.75) is 33.7 Å². The predicted molar refractivity (Wildman–Crippen MR) is 66.6 cm³/mol. The minimum Gasteiger partial charge on any atom is -0.347 e. The van der Waals surface area contributed by atoms with E-state index in [1.54, 1.807) is 6.20 Å². The van der Waals surface area contributed by atoms with Gasteiger partial charge >= 0.3 is 0 Å². The minimum atomic E-state index is -0.0871. The Hall–Kier alpha value is -0.940. The third-order valence-corrected chi connectivity index (χ3v) is 3.34. The van der Waals surface area contributed by atoms with Gasteiger partial charge in [0.05, 0.1) is 11.2 Å². The molecule has 0 radical (unpaired) electrons. The quantitative estimate of drug-likeness (QED) is 0.843. The molecule has 16 heavy (non-hydrogen) atoms. The molecule has 0 aliphatic rings. The van der Waals surface area contributed by atoms with Gasteiger partial charge in [-0.15, -0.1) is 11.3 Å². The van der Waals surface area contributed by atoms with Gasteiger partial charge in [0.1, 0.15) is 4.88 Å². The number of aromatic nitrogens is 1. The Morgan fingerprint density at radius 2 is 2.25 bits per heavy atom. The van der Waals surface area contributed by atoms with Crippen LogP contribution in [0.4, 0.5) is 0 Å². The second-order valence-corrected chi connectivity index (χ2v) is 6.11. The van der Waals surface area contributed by atoms with Gasteiger partial charge in [-0.3, -0.25) is 4.79 Å². The maximum absolute atomic E-state index is 11.9. The summed E-state index contributed by atoms with van der Waals surface area (Å²) in [6.45, 7) is 8.49. The van der Waals surface area contributed by atoms with Crippen LogP contribution in [-0.2, 0) is 0 Å². The normalized spacial score (nSPS) is 13.6. The number of thiazole rings is 1. The van der Waals surface area contributed by atoms with Gasteiger partial charge < -0.3 is 11.1 Å². The van der Waals surface area contributed by atoms with E-state index < -0.39 is 0 Å². The molecule has 0 fully saturated rings. The van der Waals surface area contributed by atoms with Crippen molar-refractivity contribution in [1.29, 1.82) is 0 Å². The predicted octanol–water partition coefficient (Wildman–Crippen LogP) is 1.55. The molecule has 1 rings (SSSR count). The molecule has 1 amide bonds. The molecular weight excluding hydrogens is 222 g/mol. The SMILES string of the molecule is Cc1ncc(C(=O)NC(CN)C(C)(C)C)s1. The Morgan fingerprint density at radius 1 is 1.62 bits per heavy atom. The highest BCUT2D eigenvalue weighted by Crippen LogP contribution is 2.19. The fraction of sp³-hybridized carbons (Fsp3) is 0.636. The maximum atomic E-state index is 11.9. The zero-order valence-corrected chi connectivity index (χ0v) is 11.0. The van der Waals surface area contributed by atoms with Crippen LogP contribution in [0.15, 0.2) is 6.20 Å². The monoisotopic (exact) mass is 241 g/mol. The summed E-state index contributed by atoms with van der Waals surface area (Å²) in [6.07, 6.45) is 1.60. The Balaban J connectivity index is 2.70. The number of hydrogen-bond donors (Lipinski definition) is 2. The van der Waals surface area contributed by atoms with Crippen LogP contribution in [0.5, 0.6) is 0 Å². The van der Waals surface area contributed by atoms with Gasteiger partial charge in [-0.05, 0) is 12.3 Å². The first-order valence-corrected chi connectivity index (χ1v) is 6.09. The topological polar surface area (TPSA) is 68.0 Å². The lowest BCUT2D eigenvalue weighted by atomic mass is 9.87. The van der Waals surface area contributed by atoms with Crippen LogP contribution in [0.2, 0.25) is 0 Å². The van der Waals surface area contributed by atoms with Crippen molar-refractivity contribution >= 4 is 17.2 Å². The zero-order valence-electron chi connectivity index (χ0n) is 10.2. The van der Waals surface area contributed by atoms with Crippen LogP contribution >= 0.6 is 11.3 Å². The van der Waals surface area contributed by atoms with E-state index in [0.29, 0.717) is 11.4 Å². The molecule has 1 aromatic rings. The van der Waals surface area contributed by atoms with Crippen molar-refractivity contribution in [3.63, 3.8) is 0 Å². The summed E-state index contributed by atoms with van der Waals surface area (Å²) in [7, 11) is 0. The zero-order chi connectivity index (χ0) is 12.3. The summed E-state index contributed by atoms with van der Waals surface area (Å²) in [4.78, 5) is 16.6. The Bertz CT molecular complexity index is 368. The van der Waals surface area contributed by atoms with Crippen molar-refractivity contribution in [1.82, 2.24) is 10.3 Å². The molecule has 3 N–H and O–H groups in total. The Labute approximate surface area is 100 Å². The molecule has 1 unspecified atom stereocenters. The highest BCUT2D eigenvalue weighted by Gasteiger charge is 2.25. The summed E-state index contributed by atoms with van der Waals surface area (Å²) in [6, 6.07) is -0.0255. The number of rotatable bonds is 3. The van der Waals surface area contributed by atoms with E-state index in [9.17, 15) is 4.79 Å². The standard InChI is InChI=1S/C11H19N3OS/c1-7-13-6-8(16-7)10(15)14-9(5-12)11(2,3)4/h6,9H,5,12H2,1-4H3,(H,14,15). The average Bonchev–Trinajstić information content (AvgIpc) is 2.59. The molecule has 0 spiro atoms. The van der Waals surface area contributed by atoms with Crippen LogP contribution in [0.1, 0.15) is 35.5 Å². The first kappa shape index (κ1) is 13.1. The molecule has 0 bridgehead atoms. The second-order valence-electron chi connectivity index (χ2n) is 4.87. The molecule has 1 heterocycles. The maximum Gasteiger partial charge on any atom is 0.263 e. The van der Waals surface area contributed by atoms with Crippen LogP contribution < -0.4 is 11.1 Å². The van der Waals surface area contributed by atoms with Crippen molar-refractivity contribution in [3.8, 4) is 0 Å². The van der Waals surface area contributed by atoms with Gasteiger partial charge in [-0.1, -0.05) is 20.8 Å². The van der Waals surface area contributed by atoms with Gasteiger partial charge in [0, 0.05) is 12.6 Å². The molecule has 0 aromatic carbocycles. The van der Waals surface area contributed by atoms with Crippen LogP contribution in [0.3, 0.4) is 0 Å². The first-order chi connectivity index (χ1) is 7.34. The number of nitrogens with one attached hydrogen (secondary N) is 1. The van der Waals surface area contributed by atoms with Crippen LogP contribution in [-0.4, -0.2) is 23.5 Å². The number of carbonyl (C=O) groups is 1. The molecule has 5 heteroatoms. The van der Waals surface area contributed by atoms with Gasteiger partial charge in [0.2, 0.25) is 0 Å². The minimum absolute atomic E-state index is 0.0255. The molecule has 0 aliphatic carbocycles. The largest absolute Gasteiger partial charge is 0.347 e. The van der Waals surface area contributed by atoms with Crippen molar-refractivity contribution in [3.05, 3.63) is 16.1 Å². The molecule has 4 nitrogen and oxygen atoms in total. The lowest BCUT2D eigenvalue weighted by molar-refractivity contribution is 0.0909. The van der Waals surface area contributed by atoms with Gasteiger partial charge in [-0.25, -0.2) is 4.98 Å². The first-order valence-electron chi connectivity index (χ1n) is 5.28. The smallest absolute Gasteiger partial charge is 0.263 e. The van der Waals surface area contributed by atoms with Gasteiger partial charge in [0.15, 0.2) is 0 Å². The molecule has 0 saturated carbocycles. The van der Waals surface area contributed by atoms with E-state index in [0.717, 1.165) is 5.01 Å². The number of nitrogens with zero attached hydrogens (tertiary/aromatic N) is 1. The summed E-state index contributed by atoms with van der Waals surface area (Å²) in [5.41, 5.74) is 5.63. The third-order valence-electron chi connectivity index (χ3n) is 2.43. The van der Waals surface area contributed by atoms with E-state index in [4.69, 9.17) is 5.73 Å². The number of aryl methyl sites for hydroxylation is 1. The molecule has 90 valence electrons. The van der Waals surface area contributed by atoms with E-state index in [1.165, 1.54) is 11.3 Å². The van der Waals surface area contributed by atoms with Gasteiger partial charge in [-0.2, -0.15) is 0 Å². The van der Waals surface area contributed by atoms with E-state index >= 15 is 0 Å². The van der Waals surface area contributed by atoms with Crippen LogP contribution in [0, 0.1) is 12.3 Å². The lowest BCUT2D eigenvalue weighted by Gasteiger charge is -2.30. The number of amides is 1. The van der Waals surface area contributed by atoms with E-state index in [-0.39, 0.29) is 17.4 Å². The number of hydrogen-bond acceptors (Lipinski definition) is 4. The molecule has 0 saturated heterocycles. The molecule has 1 atom stereocenters. The Kier molecular flexibility index (Phi) is 4.04. The average molecular weight is 241 g/mol. The second kappa shape index (κ2) is 4.93. The third kappa shape index (κ3) is 3.28. The fourth-order valence-corrected chi connectivity index (χ4v) is 2.01. The van der Waals surface area contributed by atoms with Crippen LogP contribution in [0.25, 0.3) is 0 Å². The molecule has 0 aliphatic heterocycles. The summed E-state index contributed by atoms with van der Waals surface area (Å²) in [5.74, 6) is -0.0871.